The Hall–Kier alpha value is -1.06. The van der Waals surface area contributed by atoms with Crippen LogP contribution in [0.5, 0.6) is 0 Å². The molecule has 1 aliphatic heterocycles. The van der Waals surface area contributed by atoms with Gasteiger partial charge in [-0.1, -0.05) is 12.1 Å². The molecular formula is C13H18ClNO2. The summed E-state index contributed by atoms with van der Waals surface area (Å²) in [4.78, 5) is 13.1. The van der Waals surface area contributed by atoms with Gasteiger partial charge >= 0.3 is 5.97 Å². The molecule has 17 heavy (non-hydrogen) atoms. The van der Waals surface area contributed by atoms with Crippen LogP contribution in [0.2, 0.25) is 0 Å². The first kappa shape index (κ1) is 14.0. The molecule has 0 radical (unpaired) electrons. The predicted molar refractivity (Wildman–Crippen MR) is 70.1 cm³/mol. The number of likely N-dealkylation sites (tertiary alicyclic amines) is 1. The number of nitrogens with zero attached hydrogens (tertiary/aromatic N) is 1. The molecule has 1 aliphatic rings. The van der Waals surface area contributed by atoms with Crippen molar-refractivity contribution in [2.45, 2.75) is 18.8 Å². The summed E-state index contributed by atoms with van der Waals surface area (Å²) in [7, 11) is 2.14. The second-order valence-corrected chi connectivity index (χ2v) is 4.50. The lowest BCUT2D eigenvalue weighted by Gasteiger charge is -2.29. The van der Waals surface area contributed by atoms with E-state index in [9.17, 15) is 4.79 Å². The topological polar surface area (TPSA) is 40.5 Å². The lowest BCUT2D eigenvalue weighted by molar-refractivity contribution is 0.0697. The molecule has 1 heterocycles. The normalized spacial score (nSPS) is 17.5. The fourth-order valence-corrected chi connectivity index (χ4v) is 2.24. The van der Waals surface area contributed by atoms with Crippen LogP contribution in [0.3, 0.4) is 0 Å². The molecule has 0 saturated carbocycles. The fraction of sp³-hybridized carbons (Fsp3) is 0.462. The van der Waals surface area contributed by atoms with Gasteiger partial charge in [0.1, 0.15) is 0 Å². The summed E-state index contributed by atoms with van der Waals surface area (Å²) in [6.45, 7) is 2.26. The molecule has 94 valence electrons. The van der Waals surface area contributed by atoms with Crippen LogP contribution in [-0.2, 0) is 0 Å². The number of carboxylic acids is 1. The van der Waals surface area contributed by atoms with Gasteiger partial charge in [-0.15, -0.1) is 12.4 Å². The summed E-state index contributed by atoms with van der Waals surface area (Å²) in [5, 5.41) is 8.81. The van der Waals surface area contributed by atoms with E-state index in [4.69, 9.17) is 5.11 Å². The van der Waals surface area contributed by atoms with Crippen LogP contribution in [0, 0.1) is 0 Å². The van der Waals surface area contributed by atoms with Crippen molar-refractivity contribution >= 4 is 18.4 Å². The number of carboxylic acid groups (broad SMARTS) is 1. The highest BCUT2D eigenvalue weighted by atomic mass is 35.5. The Kier molecular flexibility index (Phi) is 4.97. The monoisotopic (exact) mass is 255 g/mol. The molecule has 0 aromatic heterocycles. The molecule has 1 N–H and O–H groups in total. The molecule has 0 aliphatic carbocycles. The van der Waals surface area contributed by atoms with E-state index in [-0.39, 0.29) is 12.4 Å². The first-order valence-electron chi connectivity index (χ1n) is 5.68. The van der Waals surface area contributed by atoms with Gasteiger partial charge in [0.25, 0.3) is 0 Å². The lowest BCUT2D eigenvalue weighted by Crippen LogP contribution is -2.29. The third kappa shape index (κ3) is 3.45. The Morgan fingerprint density at radius 1 is 1.24 bits per heavy atom. The van der Waals surface area contributed by atoms with Crippen LogP contribution in [0.25, 0.3) is 0 Å². The Balaban J connectivity index is 0.00000144. The minimum absolute atomic E-state index is 0. The van der Waals surface area contributed by atoms with Crippen molar-refractivity contribution in [3.63, 3.8) is 0 Å². The van der Waals surface area contributed by atoms with Crippen molar-refractivity contribution < 1.29 is 9.90 Å². The van der Waals surface area contributed by atoms with Gasteiger partial charge in [-0.25, -0.2) is 4.79 Å². The number of halogens is 1. The molecule has 3 nitrogen and oxygen atoms in total. The molecule has 1 aromatic rings. The third-order valence-corrected chi connectivity index (χ3v) is 3.35. The summed E-state index contributed by atoms with van der Waals surface area (Å²) in [5.41, 5.74) is 1.65. The van der Waals surface area contributed by atoms with E-state index in [0.29, 0.717) is 11.5 Å². The van der Waals surface area contributed by atoms with Gasteiger partial charge in [-0.05, 0) is 56.6 Å². The Bertz CT molecular complexity index is 370. The maximum Gasteiger partial charge on any atom is 0.335 e. The molecule has 0 unspecified atom stereocenters. The summed E-state index contributed by atoms with van der Waals surface area (Å²) in [6, 6.07) is 7.32. The molecule has 4 heteroatoms. The van der Waals surface area contributed by atoms with Crippen molar-refractivity contribution in [2.75, 3.05) is 20.1 Å². The molecule has 2 rings (SSSR count). The number of piperidine rings is 1. The molecule has 1 fully saturated rings. The van der Waals surface area contributed by atoms with Crippen LogP contribution in [0.15, 0.2) is 24.3 Å². The van der Waals surface area contributed by atoms with E-state index < -0.39 is 5.97 Å². The van der Waals surface area contributed by atoms with Crippen molar-refractivity contribution in [2.24, 2.45) is 0 Å². The van der Waals surface area contributed by atoms with E-state index in [2.05, 4.69) is 11.9 Å². The highest BCUT2D eigenvalue weighted by Crippen LogP contribution is 2.27. The zero-order valence-corrected chi connectivity index (χ0v) is 10.7. The molecule has 1 aromatic carbocycles. The Morgan fingerprint density at radius 3 is 2.24 bits per heavy atom. The molecule has 0 bridgehead atoms. The second-order valence-electron chi connectivity index (χ2n) is 4.50. The summed E-state index contributed by atoms with van der Waals surface area (Å²) in [6.07, 6.45) is 2.34. The van der Waals surface area contributed by atoms with E-state index in [1.807, 2.05) is 12.1 Å². The lowest BCUT2D eigenvalue weighted by atomic mass is 9.89. The second kappa shape index (κ2) is 6.03. The number of rotatable bonds is 2. The molecule has 0 amide bonds. The standard InChI is InChI=1S/C13H17NO2.ClH/c1-14-8-6-11(7-9-14)10-2-4-12(5-3-10)13(15)16;/h2-5,11H,6-9H2,1H3,(H,15,16);1H. The van der Waals surface area contributed by atoms with Crippen LogP contribution in [0.4, 0.5) is 0 Å². The zero-order valence-electron chi connectivity index (χ0n) is 9.93. The Labute approximate surface area is 108 Å². The van der Waals surface area contributed by atoms with Gasteiger partial charge in [-0.2, -0.15) is 0 Å². The first-order valence-corrected chi connectivity index (χ1v) is 5.68. The average molecular weight is 256 g/mol. The van der Waals surface area contributed by atoms with Crippen molar-refractivity contribution in [1.82, 2.24) is 4.90 Å². The largest absolute Gasteiger partial charge is 0.478 e. The molecule has 0 atom stereocenters. The van der Waals surface area contributed by atoms with Crippen molar-refractivity contribution in [1.29, 1.82) is 0 Å². The van der Waals surface area contributed by atoms with E-state index in [1.165, 1.54) is 18.4 Å². The smallest absolute Gasteiger partial charge is 0.335 e. The minimum atomic E-state index is -0.852. The van der Waals surface area contributed by atoms with E-state index in [0.717, 1.165) is 13.1 Å². The van der Waals surface area contributed by atoms with E-state index >= 15 is 0 Å². The first-order chi connectivity index (χ1) is 7.66. The summed E-state index contributed by atoms with van der Waals surface area (Å²) < 4.78 is 0. The van der Waals surface area contributed by atoms with Crippen LogP contribution in [-0.4, -0.2) is 36.1 Å². The number of carbonyl (C=O) groups is 1. The van der Waals surface area contributed by atoms with Crippen LogP contribution in [0.1, 0.15) is 34.7 Å². The summed E-state index contributed by atoms with van der Waals surface area (Å²) in [5.74, 6) is -0.256. The van der Waals surface area contributed by atoms with Gasteiger partial charge in [0.15, 0.2) is 0 Å². The van der Waals surface area contributed by atoms with Crippen molar-refractivity contribution in [3.05, 3.63) is 35.4 Å². The quantitative estimate of drug-likeness (QED) is 0.883. The fourth-order valence-electron chi connectivity index (χ4n) is 2.24. The number of hydrogen-bond donors (Lipinski definition) is 1. The molecular weight excluding hydrogens is 238 g/mol. The van der Waals surface area contributed by atoms with Gasteiger partial charge in [0.05, 0.1) is 5.56 Å². The SMILES string of the molecule is CN1CCC(c2ccc(C(=O)O)cc2)CC1.Cl. The number of aromatic carboxylic acids is 1. The van der Waals surface area contributed by atoms with Crippen LogP contribution < -0.4 is 0 Å². The predicted octanol–water partition coefficient (Wildman–Crippen LogP) is 2.62. The molecule has 1 saturated heterocycles. The van der Waals surface area contributed by atoms with Gasteiger partial charge < -0.3 is 10.0 Å². The maximum absolute atomic E-state index is 10.7. The highest BCUT2D eigenvalue weighted by Gasteiger charge is 2.18. The van der Waals surface area contributed by atoms with Crippen LogP contribution >= 0.6 is 12.4 Å². The number of hydrogen-bond acceptors (Lipinski definition) is 2. The van der Waals surface area contributed by atoms with Crippen molar-refractivity contribution in [3.8, 4) is 0 Å². The van der Waals surface area contributed by atoms with Gasteiger partial charge in [-0.3, -0.25) is 0 Å². The van der Waals surface area contributed by atoms with E-state index in [1.54, 1.807) is 12.1 Å². The maximum atomic E-state index is 10.7. The van der Waals surface area contributed by atoms with Gasteiger partial charge in [0, 0.05) is 0 Å². The highest BCUT2D eigenvalue weighted by molar-refractivity contribution is 5.87. The average Bonchev–Trinajstić information content (AvgIpc) is 2.30. The molecule has 0 spiro atoms. The number of benzene rings is 1. The van der Waals surface area contributed by atoms with Gasteiger partial charge in [0.2, 0.25) is 0 Å². The summed E-state index contributed by atoms with van der Waals surface area (Å²) >= 11 is 0. The third-order valence-electron chi connectivity index (χ3n) is 3.35. The minimum Gasteiger partial charge on any atom is -0.478 e. The zero-order chi connectivity index (χ0) is 11.5. The Morgan fingerprint density at radius 2 is 1.76 bits per heavy atom.